The molecule has 0 N–H and O–H groups in total. The summed E-state index contributed by atoms with van der Waals surface area (Å²) in [5.41, 5.74) is 15.6. The van der Waals surface area contributed by atoms with Crippen molar-refractivity contribution in [3.8, 4) is 22.3 Å². The fourth-order valence-electron chi connectivity index (χ4n) is 9.22. The Hall–Kier alpha value is -6.84. The van der Waals surface area contributed by atoms with Gasteiger partial charge in [-0.15, -0.1) is 0 Å². The van der Waals surface area contributed by atoms with Gasteiger partial charge >= 0.3 is 0 Å². The van der Waals surface area contributed by atoms with Crippen LogP contribution in [-0.4, -0.2) is 6.17 Å². The zero-order valence-corrected chi connectivity index (χ0v) is 31.7. The second-order valence-electron chi connectivity index (χ2n) is 15.4. The van der Waals surface area contributed by atoms with Gasteiger partial charge in [0, 0.05) is 51.1 Å². The molecule has 0 aliphatic carbocycles. The zero-order valence-electron chi connectivity index (χ0n) is 31.7. The quantitative estimate of drug-likeness (QED) is 0.162. The van der Waals surface area contributed by atoms with Crippen LogP contribution in [0.15, 0.2) is 212 Å². The van der Waals surface area contributed by atoms with Gasteiger partial charge in [0.05, 0.1) is 0 Å². The molecule has 3 nitrogen and oxygen atoms in total. The van der Waals surface area contributed by atoms with E-state index in [0.29, 0.717) is 0 Å². The molecular weight excluding hydrogens is 679 g/mol. The van der Waals surface area contributed by atoms with Crippen molar-refractivity contribution >= 4 is 39.8 Å². The Morgan fingerprint density at radius 2 is 0.804 bits per heavy atom. The van der Waals surface area contributed by atoms with Crippen LogP contribution in [0, 0.1) is 0 Å². The maximum atomic E-state index is 2.59. The van der Waals surface area contributed by atoms with Crippen LogP contribution in [0.5, 0.6) is 0 Å². The number of benzene rings is 8. The number of para-hydroxylation sites is 3. The van der Waals surface area contributed by atoms with Gasteiger partial charge < -0.3 is 14.7 Å². The van der Waals surface area contributed by atoms with Crippen LogP contribution in [0.3, 0.4) is 0 Å². The van der Waals surface area contributed by atoms with Gasteiger partial charge in [-0.2, -0.15) is 0 Å². The summed E-state index contributed by atoms with van der Waals surface area (Å²) in [7, 11) is 0. The van der Waals surface area contributed by atoms with Gasteiger partial charge in [0.1, 0.15) is 6.17 Å². The van der Waals surface area contributed by atoms with Crippen molar-refractivity contribution in [2.45, 2.75) is 31.3 Å². The Morgan fingerprint density at radius 1 is 0.393 bits per heavy atom. The molecule has 0 aromatic heterocycles. The smallest absolute Gasteiger partial charge is 0.119 e. The number of fused-ring (bicyclic) bond motifs is 4. The lowest BCUT2D eigenvalue weighted by Crippen LogP contribution is -2.53. The molecule has 2 aliphatic rings. The highest BCUT2D eigenvalue weighted by molar-refractivity contribution is 5.86. The molecule has 2 aliphatic heterocycles. The van der Waals surface area contributed by atoms with E-state index in [9.17, 15) is 0 Å². The number of nitrogens with zero attached hydrogens (tertiary/aromatic N) is 3. The topological polar surface area (TPSA) is 9.72 Å². The minimum absolute atomic E-state index is 0.0396. The predicted octanol–water partition coefficient (Wildman–Crippen LogP) is 14.2. The van der Waals surface area contributed by atoms with E-state index in [2.05, 4.69) is 241 Å². The fourth-order valence-corrected chi connectivity index (χ4v) is 9.22. The summed E-state index contributed by atoms with van der Waals surface area (Å²) in [5, 5.41) is 0. The Bertz CT molecular complexity index is 2520. The molecule has 0 bridgehead atoms. The van der Waals surface area contributed by atoms with E-state index in [1.807, 2.05) is 0 Å². The molecule has 10 rings (SSSR count). The van der Waals surface area contributed by atoms with Gasteiger partial charge in [-0.3, -0.25) is 0 Å². The Balaban J connectivity index is 1.15. The average molecular weight is 722 g/mol. The third kappa shape index (κ3) is 5.67. The van der Waals surface area contributed by atoms with Gasteiger partial charge in [0.25, 0.3) is 0 Å². The molecule has 270 valence electrons. The van der Waals surface area contributed by atoms with Gasteiger partial charge in [0.2, 0.25) is 0 Å². The van der Waals surface area contributed by atoms with Crippen molar-refractivity contribution in [1.29, 1.82) is 0 Å². The second kappa shape index (κ2) is 13.8. The van der Waals surface area contributed by atoms with Crippen molar-refractivity contribution in [2.24, 2.45) is 0 Å². The lowest BCUT2D eigenvalue weighted by molar-refractivity contribution is 0.353. The summed E-state index contributed by atoms with van der Waals surface area (Å²) in [6, 6.07) is 77.3. The van der Waals surface area contributed by atoms with Crippen LogP contribution in [-0.2, 0) is 5.41 Å². The first kappa shape index (κ1) is 33.7. The SMILES string of the molecule is CC1(C)c2cc(N(c3ccc(-c4ccccc4)cc3)c3ccc(-c4ccccc4)cc3)ccc2N(c2ccccc2)C2C1c1ccccc1N2c1ccccc1. The van der Waals surface area contributed by atoms with Crippen molar-refractivity contribution in [2.75, 3.05) is 14.7 Å². The van der Waals surface area contributed by atoms with E-state index in [1.165, 1.54) is 56.1 Å². The Labute approximate surface area is 330 Å². The van der Waals surface area contributed by atoms with Gasteiger partial charge in [-0.25, -0.2) is 0 Å². The largest absolute Gasteiger partial charge is 0.319 e. The minimum atomic E-state index is -0.221. The van der Waals surface area contributed by atoms with Crippen LogP contribution in [0.2, 0.25) is 0 Å². The maximum Gasteiger partial charge on any atom is 0.119 e. The predicted molar refractivity (Wildman–Crippen MR) is 235 cm³/mol. The van der Waals surface area contributed by atoms with E-state index < -0.39 is 0 Å². The van der Waals surface area contributed by atoms with Gasteiger partial charge in [-0.1, -0.05) is 153 Å². The monoisotopic (exact) mass is 721 g/mol. The first-order valence-electron chi connectivity index (χ1n) is 19.6. The first-order valence-corrected chi connectivity index (χ1v) is 19.6. The molecular formula is C53H43N3. The lowest BCUT2D eigenvalue weighted by atomic mass is 9.66. The molecule has 8 aromatic rings. The summed E-state index contributed by atoms with van der Waals surface area (Å²) < 4.78 is 0. The van der Waals surface area contributed by atoms with E-state index in [1.54, 1.807) is 0 Å². The third-order valence-corrected chi connectivity index (χ3v) is 11.9. The molecule has 8 aromatic carbocycles. The first-order chi connectivity index (χ1) is 27.6. The number of hydrogen-bond donors (Lipinski definition) is 0. The molecule has 0 fully saturated rings. The molecule has 56 heavy (non-hydrogen) atoms. The second-order valence-corrected chi connectivity index (χ2v) is 15.4. The van der Waals surface area contributed by atoms with Crippen LogP contribution < -0.4 is 14.7 Å². The summed E-state index contributed by atoms with van der Waals surface area (Å²) in [6.07, 6.45) is 0.0396. The van der Waals surface area contributed by atoms with Crippen molar-refractivity contribution in [3.63, 3.8) is 0 Å². The fraction of sp³-hybridized carbons (Fsp3) is 0.0943. The summed E-state index contributed by atoms with van der Waals surface area (Å²) in [6.45, 7) is 4.91. The Morgan fingerprint density at radius 3 is 1.32 bits per heavy atom. The average Bonchev–Trinajstić information content (AvgIpc) is 3.62. The van der Waals surface area contributed by atoms with Gasteiger partial charge in [0.15, 0.2) is 0 Å². The molecule has 2 unspecified atom stereocenters. The van der Waals surface area contributed by atoms with Crippen LogP contribution >= 0.6 is 0 Å². The third-order valence-electron chi connectivity index (χ3n) is 11.9. The molecule has 2 atom stereocenters. The van der Waals surface area contributed by atoms with E-state index in [0.717, 1.165) is 17.1 Å². The van der Waals surface area contributed by atoms with Crippen LogP contribution in [0.25, 0.3) is 22.3 Å². The highest BCUT2D eigenvalue weighted by Crippen LogP contribution is 2.61. The lowest BCUT2D eigenvalue weighted by Gasteiger charge is -2.51. The summed E-state index contributed by atoms with van der Waals surface area (Å²) in [5.74, 6) is 0.186. The number of anilines is 7. The van der Waals surface area contributed by atoms with Crippen LogP contribution in [0.1, 0.15) is 30.9 Å². The van der Waals surface area contributed by atoms with Gasteiger partial charge in [-0.05, 0) is 106 Å². The maximum absolute atomic E-state index is 2.59. The van der Waals surface area contributed by atoms with E-state index in [4.69, 9.17) is 0 Å². The molecule has 0 saturated heterocycles. The normalized spacial score (nSPS) is 16.5. The molecule has 0 spiro atoms. The highest BCUT2D eigenvalue weighted by atomic mass is 15.4. The zero-order chi connectivity index (χ0) is 37.6. The molecule has 0 amide bonds. The minimum Gasteiger partial charge on any atom is -0.319 e. The highest BCUT2D eigenvalue weighted by Gasteiger charge is 2.54. The molecule has 0 radical (unpaired) electrons. The van der Waals surface area contributed by atoms with Crippen LogP contribution in [0.4, 0.5) is 39.8 Å². The number of hydrogen-bond acceptors (Lipinski definition) is 3. The molecule has 0 saturated carbocycles. The van der Waals surface area contributed by atoms with E-state index >= 15 is 0 Å². The molecule has 2 heterocycles. The summed E-state index contributed by atoms with van der Waals surface area (Å²) >= 11 is 0. The summed E-state index contributed by atoms with van der Waals surface area (Å²) in [4.78, 5) is 7.58. The number of rotatable bonds is 7. The van der Waals surface area contributed by atoms with Crippen molar-refractivity contribution in [1.82, 2.24) is 0 Å². The standard InChI is InChI=1S/C53H43N3/c1-53(2)48-37-46(54(44-31-27-40(28-32-44)38-17-7-3-8-18-38)45-33-29-41(30-34-45)39-19-9-4-10-20-39)35-36-50(48)56(43-23-13-6-14-24-43)52-51(53)47-25-15-16-26-49(47)55(52)42-21-11-5-12-22-42/h3-37,51-52H,1-2H3. The van der Waals surface area contributed by atoms with Crippen molar-refractivity contribution < 1.29 is 0 Å². The van der Waals surface area contributed by atoms with Crippen molar-refractivity contribution in [3.05, 3.63) is 223 Å². The van der Waals surface area contributed by atoms with E-state index in [-0.39, 0.29) is 17.5 Å². The Kier molecular flexibility index (Phi) is 8.30. The molecule has 3 heteroatoms.